The van der Waals surface area contributed by atoms with E-state index in [2.05, 4.69) is 30.2 Å². The number of hydrogen-bond acceptors (Lipinski definition) is 10. The van der Waals surface area contributed by atoms with E-state index in [9.17, 15) is 22.8 Å². The predicted octanol–water partition coefficient (Wildman–Crippen LogP) is 6.72. The maximum absolute atomic E-state index is 13.8. The third kappa shape index (κ3) is 8.29. The van der Waals surface area contributed by atoms with E-state index in [0.29, 0.717) is 66.4 Å². The van der Waals surface area contributed by atoms with Gasteiger partial charge in [0.05, 0.1) is 17.4 Å². The molecule has 2 aromatic carbocycles. The molecule has 0 aliphatic carbocycles. The van der Waals surface area contributed by atoms with Gasteiger partial charge in [-0.05, 0) is 98.5 Å². The van der Waals surface area contributed by atoms with Gasteiger partial charge in [-0.15, -0.1) is 0 Å². The topological polar surface area (TPSA) is 144 Å². The zero-order chi connectivity index (χ0) is 36.7. The Hall–Kier alpha value is -6.25. The van der Waals surface area contributed by atoms with E-state index in [1.165, 1.54) is 42.6 Å². The molecule has 6 aromatic rings. The Kier molecular flexibility index (Phi) is 10.6. The van der Waals surface area contributed by atoms with Gasteiger partial charge in [0.2, 0.25) is 29.4 Å². The fraction of sp³-hybridized carbons (Fsp3) is 0.263. The van der Waals surface area contributed by atoms with E-state index in [1.807, 2.05) is 0 Å². The highest BCUT2D eigenvalue weighted by Crippen LogP contribution is 2.30. The largest absolute Gasteiger partial charge is 0.339 e. The first kappa shape index (κ1) is 35.2. The average molecular weight is 723 g/mol. The smallest absolute Gasteiger partial charge is 0.272 e. The van der Waals surface area contributed by atoms with Crippen molar-refractivity contribution in [3.05, 3.63) is 132 Å². The van der Waals surface area contributed by atoms with Gasteiger partial charge in [0.15, 0.2) is 0 Å². The first-order valence-corrected chi connectivity index (χ1v) is 17.1. The molecule has 270 valence electrons. The van der Waals surface area contributed by atoms with Crippen molar-refractivity contribution in [2.75, 3.05) is 26.2 Å². The summed E-state index contributed by atoms with van der Waals surface area (Å²) in [5, 5.41) is 7.95. The number of likely N-dealkylation sites (tertiary alicyclic amines) is 2. The second-order valence-corrected chi connectivity index (χ2v) is 12.7. The van der Waals surface area contributed by atoms with Crippen LogP contribution in [-0.4, -0.2) is 78.0 Å². The number of piperidine rings is 2. The van der Waals surface area contributed by atoms with E-state index >= 15 is 0 Å². The number of nitrogens with zero attached hydrogens (tertiary/aromatic N) is 8. The first-order valence-electron chi connectivity index (χ1n) is 17.1. The molecule has 0 radical (unpaired) electrons. The average Bonchev–Trinajstić information content (AvgIpc) is 3.91. The van der Waals surface area contributed by atoms with Crippen molar-refractivity contribution in [1.82, 2.24) is 40.0 Å². The Labute approximate surface area is 301 Å². The highest BCUT2D eigenvalue weighted by atomic mass is 19.1. The lowest BCUT2D eigenvalue weighted by Crippen LogP contribution is -2.39. The zero-order valence-electron chi connectivity index (χ0n) is 28.3. The maximum atomic E-state index is 13.8. The third-order valence-electron chi connectivity index (χ3n) is 9.08. The standard InChI is InChI=1S/C19H16F2N4O2.C19H17FN4O2/c20-14-7-5-12(6-8-14)17-23-18(27-24-17)13-3-2-10-25(11-13)19(26)15-4-1-9-22-16(15)21;20-15-8-6-13(7-9-15)17-22-18(26-23-17)14-4-3-11-24(12-14)19(25)16-5-1-2-10-21-16/h1,4-9,13H,2-3,10-11H2;1-2,5-10,14H,3-4,11-12H2/t13-;14-/m00/s1. The lowest BCUT2D eigenvalue weighted by atomic mass is 9.97. The number of aromatic nitrogens is 6. The van der Waals surface area contributed by atoms with Gasteiger partial charge in [0, 0.05) is 49.7 Å². The van der Waals surface area contributed by atoms with Crippen LogP contribution in [0.25, 0.3) is 22.8 Å². The lowest BCUT2D eigenvalue weighted by Gasteiger charge is -2.31. The summed E-state index contributed by atoms with van der Waals surface area (Å²) in [5.41, 5.74) is 1.73. The molecule has 2 aliphatic heterocycles. The third-order valence-corrected chi connectivity index (χ3v) is 9.08. The van der Waals surface area contributed by atoms with Gasteiger partial charge in [-0.3, -0.25) is 14.6 Å². The summed E-state index contributed by atoms with van der Waals surface area (Å²) in [5.74, 6) is -0.360. The van der Waals surface area contributed by atoms with Crippen LogP contribution < -0.4 is 0 Å². The van der Waals surface area contributed by atoms with Crippen LogP contribution in [0.5, 0.6) is 0 Å². The van der Waals surface area contributed by atoms with E-state index in [-0.39, 0.29) is 34.9 Å². The molecule has 0 bridgehead atoms. The molecular formula is C38H33F3N8O4. The van der Waals surface area contributed by atoms with E-state index in [0.717, 1.165) is 25.7 Å². The van der Waals surface area contributed by atoms with Crippen LogP contribution >= 0.6 is 0 Å². The lowest BCUT2D eigenvalue weighted by molar-refractivity contribution is 0.0682. The summed E-state index contributed by atoms with van der Waals surface area (Å²) in [7, 11) is 0. The summed E-state index contributed by atoms with van der Waals surface area (Å²) < 4.78 is 50.7. The van der Waals surface area contributed by atoms with Crippen molar-refractivity contribution in [1.29, 1.82) is 0 Å². The molecule has 12 nitrogen and oxygen atoms in total. The first-order chi connectivity index (χ1) is 25.8. The number of amides is 2. The van der Waals surface area contributed by atoms with Crippen molar-refractivity contribution >= 4 is 11.8 Å². The molecular weight excluding hydrogens is 689 g/mol. The van der Waals surface area contributed by atoms with Crippen molar-refractivity contribution in [2.45, 2.75) is 37.5 Å². The molecule has 2 fully saturated rings. The number of carbonyl (C=O) groups excluding carboxylic acids is 2. The number of carbonyl (C=O) groups is 2. The number of pyridine rings is 2. The van der Waals surface area contributed by atoms with Crippen LogP contribution in [0.15, 0.2) is 100 Å². The fourth-order valence-corrected chi connectivity index (χ4v) is 6.33. The van der Waals surface area contributed by atoms with Crippen LogP contribution in [0.2, 0.25) is 0 Å². The Morgan fingerprint density at radius 1 is 0.623 bits per heavy atom. The van der Waals surface area contributed by atoms with Gasteiger partial charge in [0.1, 0.15) is 17.3 Å². The molecule has 0 saturated carbocycles. The summed E-state index contributed by atoms with van der Waals surface area (Å²) in [6, 6.07) is 20.0. The molecule has 4 aromatic heterocycles. The van der Waals surface area contributed by atoms with Crippen LogP contribution in [0.4, 0.5) is 13.2 Å². The van der Waals surface area contributed by atoms with Crippen LogP contribution in [0.3, 0.4) is 0 Å². The monoisotopic (exact) mass is 722 g/mol. The van der Waals surface area contributed by atoms with Crippen LogP contribution in [-0.2, 0) is 0 Å². The van der Waals surface area contributed by atoms with Crippen LogP contribution in [0.1, 0.15) is 70.1 Å². The SMILES string of the molecule is O=C(c1ccccn1)N1CCC[C@H](c2nc(-c3ccc(F)cc3)no2)C1.O=C(c1cccnc1F)N1CCC[C@H](c2nc(-c3ccc(F)cc3)no2)C1. The molecule has 0 N–H and O–H groups in total. The van der Waals surface area contributed by atoms with Gasteiger partial charge < -0.3 is 18.8 Å². The molecule has 2 saturated heterocycles. The molecule has 2 atom stereocenters. The van der Waals surface area contributed by atoms with Gasteiger partial charge in [-0.25, -0.2) is 13.8 Å². The van der Waals surface area contributed by atoms with Crippen LogP contribution in [0, 0.1) is 17.6 Å². The quantitative estimate of drug-likeness (QED) is 0.170. The minimum atomic E-state index is -0.777. The Morgan fingerprint density at radius 3 is 1.66 bits per heavy atom. The van der Waals surface area contributed by atoms with Crippen molar-refractivity contribution in [2.24, 2.45) is 0 Å². The van der Waals surface area contributed by atoms with Gasteiger partial charge in [-0.1, -0.05) is 16.4 Å². The van der Waals surface area contributed by atoms with E-state index in [1.54, 1.807) is 58.5 Å². The van der Waals surface area contributed by atoms with Crippen molar-refractivity contribution in [3.8, 4) is 22.8 Å². The molecule has 6 heterocycles. The van der Waals surface area contributed by atoms with Crippen molar-refractivity contribution < 1.29 is 31.8 Å². The van der Waals surface area contributed by atoms with E-state index < -0.39 is 11.9 Å². The number of halogens is 3. The minimum Gasteiger partial charge on any atom is -0.339 e. The normalized spacial score (nSPS) is 17.2. The summed E-state index contributed by atoms with van der Waals surface area (Å²) in [6.07, 6.45) is 6.17. The highest BCUT2D eigenvalue weighted by molar-refractivity contribution is 5.94. The number of hydrogen-bond donors (Lipinski definition) is 0. The number of benzene rings is 2. The van der Waals surface area contributed by atoms with E-state index in [4.69, 9.17) is 9.05 Å². The molecule has 53 heavy (non-hydrogen) atoms. The Bertz CT molecular complexity index is 2160. The molecule has 0 spiro atoms. The molecule has 2 amide bonds. The second kappa shape index (κ2) is 16.0. The minimum absolute atomic E-state index is 0.0156. The molecule has 15 heteroatoms. The van der Waals surface area contributed by atoms with Gasteiger partial charge in [0.25, 0.3) is 11.8 Å². The van der Waals surface area contributed by atoms with Gasteiger partial charge >= 0.3 is 0 Å². The predicted molar refractivity (Wildman–Crippen MR) is 184 cm³/mol. The maximum Gasteiger partial charge on any atom is 0.272 e. The van der Waals surface area contributed by atoms with Crippen molar-refractivity contribution in [3.63, 3.8) is 0 Å². The Balaban J connectivity index is 0.000000164. The summed E-state index contributed by atoms with van der Waals surface area (Å²) in [4.78, 5) is 45.1. The highest BCUT2D eigenvalue weighted by Gasteiger charge is 2.31. The zero-order valence-corrected chi connectivity index (χ0v) is 28.3. The molecule has 0 unspecified atom stereocenters. The summed E-state index contributed by atoms with van der Waals surface area (Å²) >= 11 is 0. The summed E-state index contributed by atoms with van der Waals surface area (Å²) in [6.45, 7) is 2.09. The Morgan fingerprint density at radius 2 is 1.15 bits per heavy atom. The number of rotatable bonds is 6. The van der Waals surface area contributed by atoms with Gasteiger partial charge in [-0.2, -0.15) is 14.4 Å². The second-order valence-electron chi connectivity index (χ2n) is 12.7. The molecule has 2 aliphatic rings. The fourth-order valence-electron chi connectivity index (χ4n) is 6.33. The molecule has 8 rings (SSSR count).